The molecule has 1 atom stereocenters. The second kappa shape index (κ2) is 6.57. The number of hydrogen-bond donors (Lipinski definition) is 0. The van der Waals surface area contributed by atoms with Crippen LogP contribution in [-0.2, 0) is 14.4 Å². The minimum absolute atomic E-state index is 0.221. The molecule has 0 spiro atoms. The van der Waals surface area contributed by atoms with Gasteiger partial charge in [-0.15, -0.1) is 0 Å². The van der Waals surface area contributed by atoms with E-state index in [4.69, 9.17) is 9.57 Å². The number of morpholine rings is 1. The lowest BCUT2D eigenvalue weighted by atomic mass is 10.1. The maximum absolute atomic E-state index is 12.7. The standard InChI is InChI=1S/C18H20N2O5/c21-16-13-7-3-4-8-14(13)17(22)20(16)25-18(23)15-11-24-10-9-19(15)12-5-1-2-6-12/h3-4,7-8,12,15H,1-2,5-6,9-11H2. The van der Waals surface area contributed by atoms with Gasteiger partial charge in [-0.25, -0.2) is 4.79 Å². The third-order valence-electron chi connectivity index (χ3n) is 5.17. The van der Waals surface area contributed by atoms with Crippen molar-refractivity contribution in [1.29, 1.82) is 0 Å². The molecule has 0 aromatic heterocycles. The second-order valence-corrected chi connectivity index (χ2v) is 6.63. The summed E-state index contributed by atoms with van der Waals surface area (Å²) in [5.41, 5.74) is 0.515. The van der Waals surface area contributed by atoms with Crippen molar-refractivity contribution in [1.82, 2.24) is 9.96 Å². The van der Waals surface area contributed by atoms with Crippen LogP contribution in [0.1, 0.15) is 46.4 Å². The third-order valence-corrected chi connectivity index (χ3v) is 5.17. The zero-order chi connectivity index (χ0) is 17.4. The van der Waals surface area contributed by atoms with E-state index >= 15 is 0 Å². The Kier molecular flexibility index (Phi) is 4.27. The molecule has 2 fully saturated rings. The fraction of sp³-hybridized carbons (Fsp3) is 0.500. The Bertz CT molecular complexity index is 678. The Labute approximate surface area is 145 Å². The molecule has 1 aromatic carbocycles. The van der Waals surface area contributed by atoms with Gasteiger partial charge in [0.15, 0.2) is 0 Å². The van der Waals surface area contributed by atoms with Crippen LogP contribution < -0.4 is 0 Å². The number of amides is 2. The first kappa shape index (κ1) is 16.2. The van der Waals surface area contributed by atoms with Crippen molar-refractivity contribution in [3.05, 3.63) is 35.4 Å². The van der Waals surface area contributed by atoms with Gasteiger partial charge in [-0.2, -0.15) is 0 Å². The highest BCUT2D eigenvalue weighted by molar-refractivity contribution is 6.20. The lowest BCUT2D eigenvalue weighted by Crippen LogP contribution is -2.55. The quantitative estimate of drug-likeness (QED) is 0.771. The van der Waals surface area contributed by atoms with Gasteiger partial charge in [0.1, 0.15) is 6.04 Å². The number of rotatable bonds is 3. The van der Waals surface area contributed by atoms with E-state index in [-0.39, 0.29) is 17.7 Å². The van der Waals surface area contributed by atoms with Crippen molar-refractivity contribution in [3.63, 3.8) is 0 Å². The highest BCUT2D eigenvalue weighted by Gasteiger charge is 2.42. The molecule has 1 unspecified atom stereocenters. The van der Waals surface area contributed by atoms with E-state index in [1.54, 1.807) is 24.3 Å². The molecule has 25 heavy (non-hydrogen) atoms. The van der Waals surface area contributed by atoms with Crippen LogP contribution in [0.5, 0.6) is 0 Å². The molecule has 7 heteroatoms. The van der Waals surface area contributed by atoms with E-state index in [0.29, 0.717) is 24.3 Å². The highest BCUT2D eigenvalue weighted by atomic mass is 16.7. The summed E-state index contributed by atoms with van der Waals surface area (Å²) in [6, 6.07) is 6.21. The monoisotopic (exact) mass is 344 g/mol. The lowest BCUT2D eigenvalue weighted by molar-refractivity contribution is -0.182. The lowest BCUT2D eigenvalue weighted by Gasteiger charge is -2.38. The number of fused-ring (bicyclic) bond motifs is 1. The summed E-state index contributed by atoms with van der Waals surface area (Å²) >= 11 is 0. The molecule has 3 aliphatic rings. The zero-order valence-corrected chi connectivity index (χ0v) is 13.8. The predicted octanol–water partition coefficient (Wildman–Crippen LogP) is 1.38. The van der Waals surface area contributed by atoms with Gasteiger partial charge in [-0.1, -0.05) is 30.0 Å². The van der Waals surface area contributed by atoms with Crippen LogP contribution in [0.2, 0.25) is 0 Å². The first-order valence-corrected chi connectivity index (χ1v) is 8.70. The molecule has 2 amide bonds. The van der Waals surface area contributed by atoms with Crippen molar-refractivity contribution in [2.45, 2.75) is 37.8 Å². The summed E-state index contributed by atoms with van der Waals surface area (Å²) in [6.45, 7) is 1.46. The van der Waals surface area contributed by atoms with Crippen molar-refractivity contribution in [3.8, 4) is 0 Å². The summed E-state index contributed by atoms with van der Waals surface area (Å²) < 4.78 is 5.44. The Balaban J connectivity index is 1.49. The van der Waals surface area contributed by atoms with E-state index in [9.17, 15) is 14.4 Å². The molecule has 0 bridgehead atoms. The largest absolute Gasteiger partial charge is 0.378 e. The Morgan fingerprint density at radius 2 is 1.72 bits per heavy atom. The number of imide groups is 1. The van der Waals surface area contributed by atoms with Gasteiger partial charge in [-0.05, 0) is 25.0 Å². The van der Waals surface area contributed by atoms with E-state index in [1.807, 2.05) is 0 Å². The molecule has 1 aromatic rings. The second-order valence-electron chi connectivity index (χ2n) is 6.63. The summed E-state index contributed by atoms with van der Waals surface area (Å²) in [4.78, 5) is 44.7. The third kappa shape index (κ3) is 2.83. The van der Waals surface area contributed by atoms with Gasteiger partial charge >= 0.3 is 5.97 Å². The highest BCUT2D eigenvalue weighted by Crippen LogP contribution is 2.28. The molecule has 1 aliphatic carbocycles. The number of nitrogens with zero attached hydrogens (tertiary/aromatic N) is 2. The molecule has 1 saturated carbocycles. The fourth-order valence-electron chi connectivity index (χ4n) is 3.89. The van der Waals surface area contributed by atoms with Gasteiger partial charge < -0.3 is 9.57 Å². The Morgan fingerprint density at radius 1 is 1.08 bits per heavy atom. The van der Waals surface area contributed by atoms with Gasteiger partial charge in [0.05, 0.1) is 24.3 Å². The zero-order valence-electron chi connectivity index (χ0n) is 13.8. The minimum atomic E-state index is -0.610. The summed E-state index contributed by atoms with van der Waals surface area (Å²) in [6.07, 6.45) is 4.41. The van der Waals surface area contributed by atoms with Gasteiger partial charge in [0.25, 0.3) is 11.8 Å². The minimum Gasteiger partial charge on any atom is -0.378 e. The van der Waals surface area contributed by atoms with E-state index in [1.165, 1.54) is 0 Å². The topological polar surface area (TPSA) is 76.1 Å². The van der Waals surface area contributed by atoms with E-state index in [0.717, 1.165) is 25.7 Å². The van der Waals surface area contributed by atoms with Crippen LogP contribution in [0.3, 0.4) is 0 Å². The van der Waals surface area contributed by atoms with Crippen molar-refractivity contribution < 1.29 is 24.0 Å². The maximum atomic E-state index is 12.7. The first-order valence-electron chi connectivity index (χ1n) is 8.70. The first-order chi connectivity index (χ1) is 12.2. The normalized spacial score (nSPS) is 24.6. The van der Waals surface area contributed by atoms with Crippen molar-refractivity contribution in [2.24, 2.45) is 0 Å². The van der Waals surface area contributed by atoms with Crippen molar-refractivity contribution in [2.75, 3.05) is 19.8 Å². The summed E-state index contributed by atoms with van der Waals surface area (Å²) in [5, 5.41) is 0.578. The Morgan fingerprint density at radius 3 is 2.36 bits per heavy atom. The molecule has 0 N–H and O–H groups in total. The molecular weight excluding hydrogens is 324 g/mol. The van der Waals surface area contributed by atoms with Crippen LogP contribution in [0.4, 0.5) is 0 Å². The number of hydrogen-bond acceptors (Lipinski definition) is 6. The van der Waals surface area contributed by atoms with E-state index < -0.39 is 23.8 Å². The van der Waals surface area contributed by atoms with Crippen LogP contribution in [0.25, 0.3) is 0 Å². The fourth-order valence-corrected chi connectivity index (χ4v) is 3.89. The summed E-state index contributed by atoms with van der Waals surface area (Å²) in [7, 11) is 0. The molecular formula is C18H20N2O5. The van der Waals surface area contributed by atoms with Gasteiger partial charge in [0, 0.05) is 12.6 Å². The number of carbonyl (C=O) groups excluding carboxylic acids is 3. The summed E-state index contributed by atoms with van der Waals surface area (Å²) in [5.74, 6) is -1.81. The SMILES string of the molecule is O=C(ON1C(=O)c2ccccc2C1=O)C1COCCN1C1CCCC1. The average Bonchev–Trinajstić information content (AvgIpc) is 3.26. The average molecular weight is 344 g/mol. The molecule has 2 aliphatic heterocycles. The predicted molar refractivity (Wildman–Crippen MR) is 86.6 cm³/mol. The van der Waals surface area contributed by atoms with Crippen LogP contribution in [0, 0.1) is 0 Å². The van der Waals surface area contributed by atoms with Crippen LogP contribution in [-0.4, -0.2) is 59.6 Å². The molecule has 2 heterocycles. The van der Waals surface area contributed by atoms with Crippen LogP contribution in [0.15, 0.2) is 24.3 Å². The van der Waals surface area contributed by atoms with Crippen molar-refractivity contribution >= 4 is 17.8 Å². The number of benzene rings is 1. The van der Waals surface area contributed by atoms with Crippen LogP contribution >= 0.6 is 0 Å². The number of ether oxygens (including phenoxy) is 1. The van der Waals surface area contributed by atoms with E-state index in [2.05, 4.69) is 4.90 Å². The smallest absolute Gasteiger partial charge is 0.352 e. The number of carbonyl (C=O) groups is 3. The van der Waals surface area contributed by atoms with Gasteiger partial charge in [0.2, 0.25) is 0 Å². The molecule has 7 nitrogen and oxygen atoms in total. The Hall–Kier alpha value is -2.25. The maximum Gasteiger partial charge on any atom is 0.352 e. The molecule has 4 rings (SSSR count). The molecule has 132 valence electrons. The number of hydroxylamine groups is 2. The van der Waals surface area contributed by atoms with Gasteiger partial charge in [-0.3, -0.25) is 14.5 Å². The molecule has 0 radical (unpaired) electrons. The molecule has 1 saturated heterocycles.